The SMILES string of the molecule is NCC1CCCC1C(=O)c1ccc2cccnc2c1. The molecule has 1 aromatic heterocycles. The molecule has 1 aliphatic rings. The lowest BCUT2D eigenvalue weighted by molar-refractivity contribution is 0.0893. The summed E-state index contributed by atoms with van der Waals surface area (Å²) in [5.41, 5.74) is 7.43. The van der Waals surface area contributed by atoms with Crippen LogP contribution < -0.4 is 5.73 Å². The molecular weight excluding hydrogens is 236 g/mol. The average molecular weight is 254 g/mol. The highest BCUT2D eigenvalue weighted by Crippen LogP contribution is 2.33. The van der Waals surface area contributed by atoms with Crippen molar-refractivity contribution in [3.05, 3.63) is 42.1 Å². The number of pyridine rings is 1. The summed E-state index contributed by atoms with van der Waals surface area (Å²) in [5.74, 6) is 0.693. The van der Waals surface area contributed by atoms with E-state index < -0.39 is 0 Å². The first-order valence-electron chi connectivity index (χ1n) is 6.88. The zero-order chi connectivity index (χ0) is 13.2. The molecule has 3 nitrogen and oxygen atoms in total. The van der Waals surface area contributed by atoms with Gasteiger partial charge < -0.3 is 5.73 Å². The minimum atomic E-state index is 0.103. The topological polar surface area (TPSA) is 56.0 Å². The van der Waals surface area contributed by atoms with E-state index in [0.29, 0.717) is 12.5 Å². The van der Waals surface area contributed by atoms with Crippen molar-refractivity contribution in [1.29, 1.82) is 0 Å². The van der Waals surface area contributed by atoms with E-state index in [1.165, 1.54) is 0 Å². The van der Waals surface area contributed by atoms with Crippen LogP contribution >= 0.6 is 0 Å². The van der Waals surface area contributed by atoms with Crippen LogP contribution in [0.4, 0.5) is 0 Å². The van der Waals surface area contributed by atoms with Gasteiger partial charge in [0.2, 0.25) is 0 Å². The third-order valence-electron chi connectivity index (χ3n) is 4.19. The van der Waals surface area contributed by atoms with Crippen molar-refractivity contribution in [2.75, 3.05) is 6.54 Å². The van der Waals surface area contributed by atoms with Gasteiger partial charge in [-0.2, -0.15) is 0 Å². The zero-order valence-corrected chi connectivity index (χ0v) is 10.9. The number of aromatic nitrogens is 1. The molecule has 1 aromatic carbocycles. The molecule has 2 N–H and O–H groups in total. The third kappa shape index (κ3) is 2.26. The summed E-state index contributed by atoms with van der Waals surface area (Å²) in [6.07, 6.45) is 4.93. The maximum atomic E-state index is 12.6. The van der Waals surface area contributed by atoms with E-state index in [-0.39, 0.29) is 11.7 Å². The molecule has 2 aromatic rings. The molecule has 0 aliphatic heterocycles. The summed E-state index contributed by atoms with van der Waals surface area (Å²) >= 11 is 0. The van der Waals surface area contributed by atoms with Crippen molar-refractivity contribution in [1.82, 2.24) is 4.98 Å². The van der Waals surface area contributed by atoms with E-state index in [2.05, 4.69) is 4.98 Å². The number of hydrogen-bond acceptors (Lipinski definition) is 3. The molecule has 98 valence electrons. The lowest BCUT2D eigenvalue weighted by Gasteiger charge is -2.16. The normalized spacial score (nSPS) is 22.8. The van der Waals surface area contributed by atoms with Gasteiger partial charge >= 0.3 is 0 Å². The van der Waals surface area contributed by atoms with Crippen molar-refractivity contribution in [2.45, 2.75) is 19.3 Å². The smallest absolute Gasteiger partial charge is 0.166 e. The number of nitrogens with two attached hydrogens (primary N) is 1. The highest BCUT2D eigenvalue weighted by molar-refractivity contribution is 6.00. The Kier molecular flexibility index (Phi) is 3.30. The fourth-order valence-electron chi connectivity index (χ4n) is 3.10. The summed E-state index contributed by atoms with van der Waals surface area (Å²) in [6.45, 7) is 0.613. The molecule has 0 spiro atoms. The van der Waals surface area contributed by atoms with Gasteiger partial charge in [0.1, 0.15) is 0 Å². The summed E-state index contributed by atoms with van der Waals surface area (Å²) in [5, 5.41) is 1.07. The number of Topliss-reactive ketones (excluding diaryl/α,β-unsaturated/α-hetero) is 1. The maximum absolute atomic E-state index is 12.6. The summed E-state index contributed by atoms with van der Waals surface area (Å²) < 4.78 is 0. The van der Waals surface area contributed by atoms with Crippen LogP contribution in [0.15, 0.2) is 36.5 Å². The Morgan fingerprint density at radius 2 is 2.21 bits per heavy atom. The highest BCUT2D eigenvalue weighted by Gasteiger charge is 2.32. The van der Waals surface area contributed by atoms with Crippen LogP contribution in [0.2, 0.25) is 0 Å². The first-order valence-corrected chi connectivity index (χ1v) is 6.88. The van der Waals surface area contributed by atoms with E-state index in [1.54, 1.807) is 6.20 Å². The van der Waals surface area contributed by atoms with E-state index in [1.807, 2.05) is 30.3 Å². The van der Waals surface area contributed by atoms with Gasteiger partial charge in [-0.05, 0) is 37.4 Å². The first kappa shape index (κ1) is 12.3. The minimum Gasteiger partial charge on any atom is -0.330 e. The molecule has 0 saturated heterocycles. The largest absolute Gasteiger partial charge is 0.330 e. The maximum Gasteiger partial charge on any atom is 0.166 e. The van der Waals surface area contributed by atoms with Crippen molar-refractivity contribution in [2.24, 2.45) is 17.6 Å². The fraction of sp³-hybridized carbons (Fsp3) is 0.375. The van der Waals surface area contributed by atoms with Gasteiger partial charge in [0.05, 0.1) is 5.52 Å². The number of carbonyl (C=O) groups is 1. The Morgan fingerprint density at radius 1 is 1.32 bits per heavy atom. The highest BCUT2D eigenvalue weighted by atomic mass is 16.1. The molecule has 2 atom stereocenters. The van der Waals surface area contributed by atoms with Crippen LogP contribution in [-0.2, 0) is 0 Å². The second-order valence-electron chi connectivity index (χ2n) is 5.31. The van der Waals surface area contributed by atoms with Crippen LogP contribution in [0.3, 0.4) is 0 Å². The minimum absolute atomic E-state index is 0.103. The van der Waals surface area contributed by atoms with E-state index >= 15 is 0 Å². The summed E-state index contributed by atoms with van der Waals surface area (Å²) in [7, 11) is 0. The van der Waals surface area contributed by atoms with Crippen molar-refractivity contribution in [3.63, 3.8) is 0 Å². The van der Waals surface area contributed by atoms with E-state index in [4.69, 9.17) is 5.73 Å². The lowest BCUT2D eigenvalue weighted by atomic mass is 9.88. The Labute approximate surface area is 112 Å². The fourth-order valence-corrected chi connectivity index (χ4v) is 3.10. The van der Waals surface area contributed by atoms with Gasteiger partial charge in [0.15, 0.2) is 5.78 Å². The number of nitrogens with zero attached hydrogens (tertiary/aromatic N) is 1. The Bertz CT molecular complexity index is 608. The molecule has 2 unspecified atom stereocenters. The van der Waals surface area contributed by atoms with E-state index in [9.17, 15) is 4.79 Å². The number of fused-ring (bicyclic) bond motifs is 1. The van der Waals surface area contributed by atoms with Crippen molar-refractivity contribution >= 4 is 16.7 Å². The molecule has 0 amide bonds. The Balaban J connectivity index is 1.93. The number of carbonyl (C=O) groups excluding carboxylic acids is 1. The van der Waals surface area contributed by atoms with Crippen molar-refractivity contribution in [3.8, 4) is 0 Å². The average Bonchev–Trinajstić information content (AvgIpc) is 2.94. The predicted molar refractivity (Wildman–Crippen MR) is 76.0 cm³/mol. The first-order chi connectivity index (χ1) is 9.29. The Hall–Kier alpha value is -1.74. The molecule has 0 radical (unpaired) electrons. The van der Waals surface area contributed by atoms with Crippen LogP contribution in [0.1, 0.15) is 29.6 Å². The standard InChI is InChI=1S/C16H18N2O/c17-10-13-3-1-5-14(13)16(19)12-7-6-11-4-2-8-18-15(11)9-12/h2,4,6-9,13-14H,1,3,5,10,17H2. The Morgan fingerprint density at radius 3 is 3.05 bits per heavy atom. The predicted octanol–water partition coefficient (Wildman–Crippen LogP) is 2.79. The van der Waals surface area contributed by atoms with Crippen molar-refractivity contribution < 1.29 is 4.79 Å². The summed E-state index contributed by atoms with van der Waals surface area (Å²) in [4.78, 5) is 16.9. The van der Waals surface area contributed by atoms with E-state index in [0.717, 1.165) is 35.7 Å². The second-order valence-corrected chi connectivity index (χ2v) is 5.31. The molecule has 0 bridgehead atoms. The molecule has 1 saturated carbocycles. The van der Waals surface area contributed by atoms with Gasteiger partial charge in [0.25, 0.3) is 0 Å². The summed E-state index contributed by atoms with van der Waals surface area (Å²) in [6, 6.07) is 9.71. The molecule has 3 heteroatoms. The van der Waals surface area contributed by atoms with Crippen LogP contribution in [0.5, 0.6) is 0 Å². The number of ketones is 1. The number of benzene rings is 1. The second kappa shape index (κ2) is 5.10. The number of hydrogen-bond donors (Lipinski definition) is 1. The molecular formula is C16H18N2O. The molecule has 19 heavy (non-hydrogen) atoms. The molecule has 1 fully saturated rings. The van der Waals surface area contributed by atoms with Gasteiger partial charge in [-0.1, -0.05) is 24.6 Å². The van der Waals surface area contributed by atoms with Crippen LogP contribution in [0, 0.1) is 11.8 Å². The lowest BCUT2D eigenvalue weighted by Crippen LogP contribution is -2.25. The van der Waals surface area contributed by atoms with Gasteiger partial charge in [0, 0.05) is 23.1 Å². The third-order valence-corrected chi connectivity index (χ3v) is 4.19. The van der Waals surface area contributed by atoms with Crippen LogP contribution in [0.25, 0.3) is 10.9 Å². The number of rotatable bonds is 3. The van der Waals surface area contributed by atoms with Gasteiger partial charge in [-0.15, -0.1) is 0 Å². The van der Waals surface area contributed by atoms with Gasteiger partial charge in [-0.3, -0.25) is 9.78 Å². The van der Waals surface area contributed by atoms with Gasteiger partial charge in [-0.25, -0.2) is 0 Å². The van der Waals surface area contributed by atoms with Crippen LogP contribution in [-0.4, -0.2) is 17.3 Å². The zero-order valence-electron chi connectivity index (χ0n) is 10.9. The quantitative estimate of drug-likeness (QED) is 0.857. The monoisotopic (exact) mass is 254 g/mol. The molecule has 3 rings (SSSR count). The molecule has 1 aliphatic carbocycles. The molecule has 1 heterocycles.